The first-order valence-electron chi connectivity index (χ1n) is 19.7. The third-order valence-electron chi connectivity index (χ3n) is 8.96. The third-order valence-corrected chi connectivity index (χ3v) is 9.95. The molecule has 0 spiro atoms. The van der Waals surface area contributed by atoms with Crippen LogP contribution in [0.25, 0.3) is 0 Å². The van der Waals surface area contributed by atoms with E-state index in [-0.39, 0.29) is 25.7 Å². The van der Waals surface area contributed by atoms with Crippen LogP contribution in [0.5, 0.6) is 0 Å². The number of carbonyl (C=O) groups excluding carboxylic acids is 1. The molecule has 0 fully saturated rings. The number of unbranched alkanes of at least 4 members (excludes halogenated alkanes) is 25. The summed E-state index contributed by atoms with van der Waals surface area (Å²) in [5.41, 5.74) is 5.36. The zero-order valence-electron chi connectivity index (χ0n) is 30.3. The average Bonchev–Trinajstić information content (AvgIpc) is 3.04. The van der Waals surface area contributed by atoms with Crippen LogP contribution in [0, 0.1) is 0 Å². The number of phosphoric ester groups is 1. The molecule has 1 amide bonds. The van der Waals surface area contributed by atoms with Crippen molar-refractivity contribution in [3.05, 3.63) is 0 Å². The van der Waals surface area contributed by atoms with Crippen LogP contribution in [-0.4, -0.2) is 47.8 Å². The highest BCUT2D eigenvalue weighted by Crippen LogP contribution is 2.43. The fraction of sp³-hybridized carbons (Fsp3) is 0.973. The van der Waals surface area contributed by atoms with E-state index < -0.39 is 20.0 Å². The van der Waals surface area contributed by atoms with Crippen molar-refractivity contribution in [2.45, 2.75) is 212 Å². The van der Waals surface area contributed by atoms with Crippen molar-refractivity contribution < 1.29 is 28.4 Å². The molecule has 0 heterocycles. The smallest absolute Gasteiger partial charge is 0.391 e. The Morgan fingerprint density at radius 2 is 1.00 bits per heavy atom. The van der Waals surface area contributed by atoms with Gasteiger partial charge >= 0.3 is 7.82 Å². The van der Waals surface area contributed by atoms with Crippen molar-refractivity contribution >= 4 is 13.7 Å². The van der Waals surface area contributed by atoms with Crippen LogP contribution in [0.3, 0.4) is 0 Å². The standard InChI is InChI=1S/C37H77N2O6P/c1-3-5-7-9-11-13-15-17-18-19-20-22-24-26-28-30-36(40)35(34-45-46(42,43)44-33-32-38)39-37(41)31-29-27-25-23-21-16-14-12-10-8-6-4-2/h35-36,40H,3-34,38H2,1-2H3,(H,39,41)(H,42,43). The summed E-state index contributed by atoms with van der Waals surface area (Å²) in [6.07, 6.45) is 33.9. The lowest BCUT2D eigenvalue weighted by atomic mass is 10.0. The molecule has 0 aromatic rings. The van der Waals surface area contributed by atoms with Crippen molar-refractivity contribution in [3.63, 3.8) is 0 Å². The highest BCUT2D eigenvalue weighted by molar-refractivity contribution is 7.47. The maximum atomic E-state index is 12.7. The summed E-state index contributed by atoms with van der Waals surface area (Å²) in [6.45, 7) is 4.21. The number of carbonyl (C=O) groups is 1. The van der Waals surface area contributed by atoms with E-state index in [2.05, 4.69) is 19.2 Å². The molecular weight excluding hydrogens is 599 g/mol. The number of hydrogen-bond donors (Lipinski definition) is 4. The van der Waals surface area contributed by atoms with E-state index in [0.717, 1.165) is 38.5 Å². The predicted octanol–water partition coefficient (Wildman–Crippen LogP) is 10.3. The van der Waals surface area contributed by atoms with E-state index in [4.69, 9.17) is 14.8 Å². The number of hydrogen-bond acceptors (Lipinski definition) is 6. The maximum absolute atomic E-state index is 12.7. The highest BCUT2D eigenvalue weighted by atomic mass is 31.2. The molecule has 0 rings (SSSR count). The van der Waals surface area contributed by atoms with E-state index in [0.29, 0.717) is 12.8 Å². The molecular formula is C37H77N2O6P. The van der Waals surface area contributed by atoms with Gasteiger partial charge in [0.15, 0.2) is 0 Å². The Bertz CT molecular complexity index is 699. The fourth-order valence-electron chi connectivity index (χ4n) is 5.96. The molecule has 0 aliphatic rings. The number of aliphatic hydroxyl groups is 1. The van der Waals surface area contributed by atoms with Gasteiger partial charge in [-0.05, 0) is 12.8 Å². The van der Waals surface area contributed by atoms with Crippen molar-refractivity contribution in [3.8, 4) is 0 Å². The molecule has 0 saturated heterocycles. The Labute approximate surface area is 284 Å². The first-order chi connectivity index (χ1) is 22.4. The van der Waals surface area contributed by atoms with Crippen LogP contribution in [-0.2, 0) is 18.4 Å². The largest absolute Gasteiger partial charge is 0.472 e. The summed E-state index contributed by atoms with van der Waals surface area (Å²) in [4.78, 5) is 22.6. The summed E-state index contributed by atoms with van der Waals surface area (Å²) in [5.74, 6) is -0.160. The van der Waals surface area contributed by atoms with Gasteiger partial charge in [-0.2, -0.15) is 0 Å². The van der Waals surface area contributed by atoms with Gasteiger partial charge in [-0.1, -0.05) is 181 Å². The quantitative estimate of drug-likeness (QED) is 0.0380. The first kappa shape index (κ1) is 45.5. The van der Waals surface area contributed by atoms with Gasteiger partial charge in [-0.15, -0.1) is 0 Å². The summed E-state index contributed by atoms with van der Waals surface area (Å²) in [5, 5.41) is 13.7. The minimum atomic E-state index is -4.30. The summed E-state index contributed by atoms with van der Waals surface area (Å²) in [6, 6.07) is -0.765. The highest BCUT2D eigenvalue weighted by Gasteiger charge is 2.27. The van der Waals surface area contributed by atoms with Crippen LogP contribution in [0.1, 0.15) is 200 Å². The zero-order chi connectivity index (χ0) is 34.0. The molecule has 276 valence electrons. The van der Waals surface area contributed by atoms with Crippen molar-refractivity contribution in [1.82, 2.24) is 5.32 Å². The lowest BCUT2D eigenvalue weighted by Gasteiger charge is -2.25. The van der Waals surface area contributed by atoms with Gasteiger partial charge < -0.3 is 21.1 Å². The molecule has 0 aromatic heterocycles. The molecule has 0 aliphatic heterocycles. The molecule has 0 bridgehead atoms. The van der Waals surface area contributed by atoms with E-state index in [9.17, 15) is 19.4 Å². The molecule has 0 radical (unpaired) electrons. The lowest BCUT2D eigenvalue weighted by Crippen LogP contribution is -2.46. The topological polar surface area (TPSA) is 131 Å². The summed E-state index contributed by atoms with van der Waals surface area (Å²) < 4.78 is 22.1. The van der Waals surface area contributed by atoms with Gasteiger partial charge in [0.2, 0.25) is 5.91 Å². The monoisotopic (exact) mass is 677 g/mol. The van der Waals surface area contributed by atoms with Crippen molar-refractivity contribution in [1.29, 1.82) is 0 Å². The van der Waals surface area contributed by atoms with Crippen LogP contribution in [0.4, 0.5) is 0 Å². The minimum absolute atomic E-state index is 0.0922. The van der Waals surface area contributed by atoms with E-state index in [1.807, 2.05) is 0 Å². The Balaban J connectivity index is 4.20. The third kappa shape index (κ3) is 32.1. The maximum Gasteiger partial charge on any atom is 0.472 e. The Kier molecular flexibility index (Phi) is 34.0. The van der Waals surface area contributed by atoms with Crippen LogP contribution < -0.4 is 11.1 Å². The second-order valence-corrected chi connectivity index (χ2v) is 15.0. The molecule has 46 heavy (non-hydrogen) atoms. The fourth-order valence-corrected chi connectivity index (χ4v) is 6.72. The normalized spacial score (nSPS) is 14.3. The molecule has 0 aliphatic carbocycles. The molecule has 8 nitrogen and oxygen atoms in total. The molecule has 3 atom stereocenters. The van der Waals surface area contributed by atoms with Gasteiger partial charge in [0, 0.05) is 13.0 Å². The van der Waals surface area contributed by atoms with Crippen molar-refractivity contribution in [2.24, 2.45) is 5.73 Å². The van der Waals surface area contributed by atoms with Crippen molar-refractivity contribution in [2.75, 3.05) is 19.8 Å². The van der Waals surface area contributed by atoms with E-state index >= 15 is 0 Å². The van der Waals surface area contributed by atoms with E-state index in [1.165, 1.54) is 135 Å². The Morgan fingerprint density at radius 1 is 0.630 bits per heavy atom. The number of rotatable bonds is 37. The molecule has 3 unspecified atom stereocenters. The van der Waals surface area contributed by atoms with Crippen LogP contribution in [0.2, 0.25) is 0 Å². The van der Waals surface area contributed by atoms with Crippen LogP contribution >= 0.6 is 7.82 Å². The lowest BCUT2D eigenvalue weighted by molar-refractivity contribution is -0.123. The number of amides is 1. The minimum Gasteiger partial charge on any atom is -0.391 e. The Hall–Kier alpha value is -0.500. The molecule has 5 N–H and O–H groups in total. The average molecular weight is 677 g/mol. The van der Waals surface area contributed by atoms with Gasteiger partial charge in [0.1, 0.15) is 0 Å². The number of nitrogens with two attached hydrogens (primary N) is 1. The summed E-state index contributed by atoms with van der Waals surface area (Å²) in [7, 11) is -4.30. The number of phosphoric acid groups is 1. The second kappa shape index (κ2) is 34.4. The molecule has 0 saturated carbocycles. The molecule has 9 heteroatoms. The SMILES string of the molecule is CCCCCCCCCCCCCCCCCC(O)C(COP(=O)(O)OCCN)NC(=O)CCCCCCCCCCCCCC. The summed E-state index contributed by atoms with van der Waals surface area (Å²) >= 11 is 0. The van der Waals surface area contributed by atoms with Gasteiger partial charge in [0.05, 0.1) is 25.4 Å². The Morgan fingerprint density at radius 3 is 1.39 bits per heavy atom. The predicted molar refractivity (Wildman–Crippen MR) is 194 cm³/mol. The second-order valence-electron chi connectivity index (χ2n) is 13.5. The van der Waals surface area contributed by atoms with Gasteiger partial charge in [-0.3, -0.25) is 13.8 Å². The van der Waals surface area contributed by atoms with Gasteiger partial charge in [-0.25, -0.2) is 4.57 Å². The molecule has 0 aromatic carbocycles. The van der Waals surface area contributed by atoms with Gasteiger partial charge in [0.25, 0.3) is 0 Å². The zero-order valence-corrected chi connectivity index (χ0v) is 31.2. The van der Waals surface area contributed by atoms with Crippen LogP contribution in [0.15, 0.2) is 0 Å². The van der Waals surface area contributed by atoms with E-state index in [1.54, 1.807) is 0 Å². The number of nitrogens with one attached hydrogen (secondary N) is 1. The first-order valence-corrected chi connectivity index (χ1v) is 21.1. The number of aliphatic hydroxyl groups excluding tert-OH is 1.